The van der Waals surface area contributed by atoms with Gasteiger partial charge in [0, 0.05) is 18.6 Å². The Morgan fingerprint density at radius 3 is 2.58 bits per heavy atom. The molecule has 1 rings (SSSR count). The summed E-state index contributed by atoms with van der Waals surface area (Å²) in [5.41, 5.74) is 1.17. The smallest absolute Gasteiger partial charge is 0.161 e. The Morgan fingerprint density at radius 2 is 2.00 bits per heavy atom. The van der Waals surface area contributed by atoms with Gasteiger partial charge in [-0.05, 0) is 31.2 Å². The number of aliphatic hydroxyl groups is 1. The first-order valence-corrected chi connectivity index (χ1v) is 6.77. The number of hydrogen-bond donors (Lipinski definition) is 2. The van der Waals surface area contributed by atoms with Gasteiger partial charge < -0.3 is 19.9 Å². The predicted octanol–water partition coefficient (Wildman–Crippen LogP) is 2.37. The van der Waals surface area contributed by atoms with Crippen molar-refractivity contribution in [1.82, 2.24) is 5.32 Å². The SMILES string of the molecule is CCNC(C)c1ccc(OCC(C)CO)c(OC)c1. The van der Waals surface area contributed by atoms with Gasteiger partial charge in [-0.25, -0.2) is 0 Å². The second-order valence-electron chi connectivity index (χ2n) is 4.79. The Hall–Kier alpha value is -1.26. The third-order valence-corrected chi connectivity index (χ3v) is 3.03. The monoisotopic (exact) mass is 267 g/mol. The molecule has 108 valence electrons. The lowest BCUT2D eigenvalue weighted by Crippen LogP contribution is -2.18. The van der Waals surface area contributed by atoms with Gasteiger partial charge in [0.05, 0.1) is 13.7 Å². The minimum Gasteiger partial charge on any atom is -0.493 e. The standard InChI is InChI=1S/C15H25NO3/c1-5-16-12(3)13-6-7-14(15(8-13)18-4)19-10-11(2)9-17/h6-8,11-12,16-17H,5,9-10H2,1-4H3. The molecule has 0 spiro atoms. The lowest BCUT2D eigenvalue weighted by molar-refractivity contribution is 0.171. The van der Waals surface area contributed by atoms with Gasteiger partial charge in [0.2, 0.25) is 0 Å². The first-order chi connectivity index (χ1) is 9.12. The fraction of sp³-hybridized carbons (Fsp3) is 0.600. The molecule has 0 aliphatic heterocycles. The van der Waals surface area contributed by atoms with Crippen LogP contribution in [0.3, 0.4) is 0 Å². The molecule has 0 saturated carbocycles. The summed E-state index contributed by atoms with van der Waals surface area (Å²) in [5.74, 6) is 1.56. The Bertz CT molecular complexity index is 382. The van der Waals surface area contributed by atoms with Crippen molar-refractivity contribution < 1.29 is 14.6 Å². The van der Waals surface area contributed by atoms with E-state index in [1.807, 2.05) is 25.1 Å². The van der Waals surface area contributed by atoms with Crippen LogP contribution in [0.15, 0.2) is 18.2 Å². The molecule has 2 N–H and O–H groups in total. The Labute approximate surface area is 115 Å². The highest BCUT2D eigenvalue weighted by atomic mass is 16.5. The molecule has 0 heterocycles. The van der Waals surface area contributed by atoms with E-state index in [0.29, 0.717) is 6.61 Å². The number of hydrogen-bond acceptors (Lipinski definition) is 4. The van der Waals surface area contributed by atoms with E-state index in [-0.39, 0.29) is 18.6 Å². The largest absolute Gasteiger partial charge is 0.493 e. The zero-order valence-electron chi connectivity index (χ0n) is 12.3. The molecule has 2 atom stereocenters. The third kappa shape index (κ3) is 4.73. The van der Waals surface area contributed by atoms with Gasteiger partial charge in [-0.15, -0.1) is 0 Å². The van der Waals surface area contributed by atoms with Crippen LogP contribution in [0.1, 0.15) is 32.4 Å². The molecule has 0 aliphatic rings. The molecule has 4 heteroatoms. The highest BCUT2D eigenvalue weighted by Gasteiger charge is 2.11. The van der Waals surface area contributed by atoms with Crippen LogP contribution in [-0.2, 0) is 0 Å². The zero-order valence-corrected chi connectivity index (χ0v) is 12.3. The number of nitrogens with one attached hydrogen (secondary N) is 1. The number of ether oxygens (including phenoxy) is 2. The fourth-order valence-corrected chi connectivity index (χ4v) is 1.78. The van der Waals surface area contributed by atoms with Gasteiger partial charge in [0.1, 0.15) is 0 Å². The molecule has 1 aromatic rings. The van der Waals surface area contributed by atoms with Gasteiger partial charge in [-0.2, -0.15) is 0 Å². The van der Waals surface area contributed by atoms with E-state index in [1.165, 1.54) is 5.56 Å². The van der Waals surface area contributed by atoms with Gasteiger partial charge in [-0.3, -0.25) is 0 Å². The van der Waals surface area contributed by atoms with E-state index in [9.17, 15) is 0 Å². The molecule has 0 bridgehead atoms. The second kappa shape index (κ2) is 8.02. The van der Waals surface area contributed by atoms with Crippen LogP contribution in [-0.4, -0.2) is 32.0 Å². The third-order valence-electron chi connectivity index (χ3n) is 3.03. The lowest BCUT2D eigenvalue weighted by Gasteiger charge is -2.17. The maximum Gasteiger partial charge on any atom is 0.161 e. The molecule has 0 fully saturated rings. The number of benzene rings is 1. The molecule has 0 aromatic heterocycles. The average molecular weight is 267 g/mol. The van der Waals surface area contributed by atoms with Crippen molar-refractivity contribution in [3.05, 3.63) is 23.8 Å². The van der Waals surface area contributed by atoms with Gasteiger partial charge in [-0.1, -0.05) is 19.9 Å². The zero-order chi connectivity index (χ0) is 14.3. The molecule has 19 heavy (non-hydrogen) atoms. The molecule has 2 unspecified atom stereocenters. The molecular formula is C15H25NO3. The molecule has 1 aromatic carbocycles. The van der Waals surface area contributed by atoms with E-state index < -0.39 is 0 Å². The molecule has 4 nitrogen and oxygen atoms in total. The number of aliphatic hydroxyl groups excluding tert-OH is 1. The van der Waals surface area contributed by atoms with Crippen molar-refractivity contribution in [3.63, 3.8) is 0 Å². The molecule has 0 aliphatic carbocycles. The number of rotatable bonds is 8. The fourth-order valence-electron chi connectivity index (χ4n) is 1.78. The maximum absolute atomic E-state index is 9.00. The predicted molar refractivity (Wildman–Crippen MR) is 76.8 cm³/mol. The van der Waals surface area contributed by atoms with Crippen molar-refractivity contribution in [1.29, 1.82) is 0 Å². The summed E-state index contributed by atoms with van der Waals surface area (Å²) < 4.78 is 11.0. The van der Waals surface area contributed by atoms with E-state index in [4.69, 9.17) is 14.6 Å². The quantitative estimate of drug-likeness (QED) is 0.759. The van der Waals surface area contributed by atoms with Crippen molar-refractivity contribution in [2.24, 2.45) is 5.92 Å². The Morgan fingerprint density at radius 1 is 1.26 bits per heavy atom. The first kappa shape index (κ1) is 15.8. The van der Waals surface area contributed by atoms with Crippen LogP contribution in [0.2, 0.25) is 0 Å². The van der Waals surface area contributed by atoms with Crippen molar-refractivity contribution in [3.8, 4) is 11.5 Å². The molecule has 0 radical (unpaired) electrons. The summed E-state index contributed by atoms with van der Waals surface area (Å²) >= 11 is 0. The second-order valence-corrected chi connectivity index (χ2v) is 4.79. The minimum absolute atomic E-state index is 0.116. The lowest BCUT2D eigenvalue weighted by atomic mass is 10.1. The minimum atomic E-state index is 0.116. The summed E-state index contributed by atoms with van der Waals surface area (Å²) in [6, 6.07) is 6.23. The molecular weight excluding hydrogens is 242 g/mol. The van der Waals surface area contributed by atoms with Crippen LogP contribution >= 0.6 is 0 Å². The van der Waals surface area contributed by atoms with E-state index in [0.717, 1.165) is 18.0 Å². The van der Waals surface area contributed by atoms with Crippen molar-refractivity contribution in [2.75, 3.05) is 26.9 Å². The van der Waals surface area contributed by atoms with E-state index in [2.05, 4.69) is 19.2 Å². The Kier molecular flexibility index (Phi) is 6.67. The van der Waals surface area contributed by atoms with Gasteiger partial charge >= 0.3 is 0 Å². The maximum atomic E-state index is 9.00. The summed E-state index contributed by atoms with van der Waals surface area (Å²) in [5, 5.41) is 12.4. The van der Waals surface area contributed by atoms with Crippen LogP contribution in [0.5, 0.6) is 11.5 Å². The molecule has 0 saturated heterocycles. The normalized spacial score (nSPS) is 13.9. The Balaban J connectivity index is 2.78. The van der Waals surface area contributed by atoms with E-state index in [1.54, 1.807) is 7.11 Å². The van der Waals surface area contributed by atoms with Gasteiger partial charge in [0.25, 0.3) is 0 Å². The van der Waals surface area contributed by atoms with Crippen molar-refractivity contribution in [2.45, 2.75) is 26.8 Å². The van der Waals surface area contributed by atoms with Crippen LogP contribution in [0.4, 0.5) is 0 Å². The number of methoxy groups -OCH3 is 1. The first-order valence-electron chi connectivity index (χ1n) is 6.77. The van der Waals surface area contributed by atoms with Gasteiger partial charge in [0.15, 0.2) is 11.5 Å². The summed E-state index contributed by atoms with van der Waals surface area (Å²) in [7, 11) is 1.64. The summed E-state index contributed by atoms with van der Waals surface area (Å²) in [6.07, 6.45) is 0. The van der Waals surface area contributed by atoms with E-state index >= 15 is 0 Å². The highest BCUT2D eigenvalue weighted by molar-refractivity contribution is 5.43. The highest BCUT2D eigenvalue weighted by Crippen LogP contribution is 2.30. The van der Waals surface area contributed by atoms with Crippen LogP contribution in [0, 0.1) is 5.92 Å². The topological polar surface area (TPSA) is 50.7 Å². The summed E-state index contributed by atoms with van der Waals surface area (Å²) in [6.45, 7) is 7.67. The van der Waals surface area contributed by atoms with Crippen molar-refractivity contribution >= 4 is 0 Å². The summed E-state index contributed by atoms with van der Waals surface area (Å²) in [4.78, 5) is 0. The molecule has 0 amide bonds. The van der Waals surface area contributed by atoms with Crippen LogP contribution < -0.4 is 14.8 Å². The van der Waals surface area contributed by atoms with Crippen LogP contribution in [0.25, 0.3) is 0 Å². The average Bonchev–Trinajstić information content (AvgIpc) is 2.44.